The van der Waals surface area contributed by atoms with Crippen LogP contribution in [0.3, 0.4) is 0 Å². The number of pyridine rings is 1. The molecule has 2 saturated heterocycles. The molecule has 2 atom stereocenters. The quantitative estimate of drug-likeness (QED) is 0.725. The molecule has 158 valence electrons. The van der Waals surface area contributed by atoms with Crippen molar-refractivity contribution in [3.63, 3.8) is 0 Å². The monoisotopic (exact) mass is 407 g/mol. The molecule has 4 rings (SSSR count). The maximum atomic E-state index is 12.9. The van der Waals surface area contributed by atoms with Gasteiger partial charge in [0.05, 0.1) is 0 Å². The maximum Gasteiger partial charge on any atom is 0.241 e. The third-order valence-electron chi connectivity index (χ3n) is 6.24. The predicted octanol–water partition coefficient (Wildman–Crippen LogP) is 2.48. The van der Waals surface area contributed by atoms with Crippen molar-refractivity contribution in [2.45, 2.75) is 45.2 Å². The van der Waals surface area contributed by atoms with Crippen molar-refractivity contribution in [1.29, 1.82) is 0 Å². The fourth-order valence-corrected chi connectivity index (χ4v) is 4.16. The topological polar surface area (TPSA) is 86.4 Å². The summed E-state index contributed by atoms with van der Waals surface area (Å²) in [5.41, 5.74) is 10.6. The molecule has 2 aliphatic rings. The summed E-state index contributed by atoms with van der Waals surface area (Å²) in [5, 5.41) is 3.03. The first-order chi connectivity index (χ1) is 14.5. The molecule has 3 heterocycles. The molecule has 7 nitrogen and oxygen atoms in total. The number of amides is 2. The minimum atomic E-state index is -0.254. The van der Waals surface area contributed by atoms with Gasteiger partial charge in [-0.1, -0.05) is 12.1 Å². The van der Waals surface area contributed by atoms with Crippen molar-refractivity contribution < 1.29 is 9.59 Å². The number of aromatic nitrogens is 1. The SMILES string of the molecule is Cc1ccc(NC(=O)C2CCN(C(=O)C3CC(c4cccnc4)NN3)CC2)cc1C. The van der Waals surface area contributed by atoms with Crippen LogP contribution in [-0.2, 0) is 9.59 Å². The number of piperidine rings is 1. The standard InChI is InChI=1S/C23H29N5O2/c1-15-5-6-19(12-16(15)2)25-22(29)17-7-10-28(11-8-17)23(30)21-13-20(26-27-21)18-4-3-9-24-14-18/h3-6,9,12,14,17,20-21,26-27H,7-8,10-11,13H2,1-2H3,(H,25,29). The number of nitrogens with zero attached hydrogens (tertiary/aromatic N) is 2. The average Bonchev–Trinajstić information content (AvgIpc) is 3.27. The van der Waals surface area contributed by atoms with Crippen LogP contribution in [-0.4, -0.2) is 40.8 Å². The molecule has 1 aromatic heterocycles. The number of anilines is 1. The molecule has 2 unspecified atom stereocenters. The molecule has 2 amide bonds. The van der Waals surface area contributed by atoms with Gasteiger partial charge in [-0.3, -0.25) is 14.6 Å². The molecule has 7 heteroatoms. The molecule has 0 aliphatic carbocycles. The highest BCUT2D eigenvalue weighted by molar-refractivity contribution is 5.93. The van der Waals surface area contributed by atoms with Crippen molar-refractivity contribution >= 4 is 17.5 Å². The van der Waals surface area contributed by atoms with Crippen LogP contribution in [0, 0.1) is 19.8 Å². The maximum absolute atomic E-state index is 12.9. The van der Waals surface area contributed by atoms with Gasteiger partial charge in [-0.05, 0) is 68.0 Å². The number of benzene rings is 1. The summed E-state index contributed by atoms with van der Waals surface area (Å²) in [6, 6.07) is 9.71. The highest BCUT2D eigenvalue weighted by Gasteiger charge is 2.35. The van der Waals surface area contributed by atoms with Gasteiger partial charge in [-0.15, -0.1) is 0 Å². The summed E-state index contributed by atoms with van der Waals surface area (Å²) < 4.78 is 0. The minimum absolute atomic E-state index is 0.0441. The highest BCUT2D eigenvalue weighted by atomic mass is 16.2. The lowest BCUT2D eigenvalue weighted by atomic mass is 9.94. The van der Waals surface area contributed by atoms with Crippen LogP contribution in [0.1, 0.15) is 42.0 Å². The Morgan fingerprint density at radius 3 is 2.60 bits per heavy atom. The van der Waals surface area contributed by atoms with Gasteiger partial charge >= 0.3 is 0 Å². The summed E-state index contributed by atoms with van der Waals surface area (Å²) >= 11 is 0. The van der Waals surface area contributed by atoms with Gasteiger partial charge < -0.3 is 10.2 Å². The Kier molecular flexibility index (Phi) is 6.11. The molecule has 0 spiro atoms. The zero-order valence-corrected chi connectivity index (χ0v) is 17.5. The number of hydrogen-bond donors (Lipinski definition) is 3. The van der Waals surface area contributed by atoms with Gasteiger partial charge in [0.1, 0.15) is 6.04 Å². The molecular formula is C23H29N5O2. The number of carbonyl (C=O) groups excluding carboxylic acids is 2. The summed E-state index contributed by atoms with van der Waals surface area (Å²) in [7, 11) is 0. The van der Waals surface area contributed by atoms with E-state index >= 15 is 0 Å². The Morgan fingerprint density at radius 2 is 1.90 bits per heavy atom. The Hall–Kier alpha value is -2.77. The summed E-state index contributed by atoms with van der Waals surface area (Å²) in [6.07, 6.45) is 5.64. The van der Waals surface area contributed by atoms with E-state index in [1.54, 1.807) is 6.20 Å². The largest absolute Gasteiger partial charge is 0.341 e. The van der Waals surface area contributed by atoms with E-state index < -0.39 is 0 Å². The first kappa shape index (κ1) is 20.5. The van der Waals surface area contributed by atoms with E-state index in [1.165, 1.54) is 5.56 Å². The van der Waals surface area contributed by atoms with E-state index in [2.05, 4.69) is 28.1 Å². The molecule has 2 aromatic rings. The van der Waals surface area contributed by atoms with Gasteiger partial charge in [-0.25, -0.2) is 10.9 Å². The molecule has 0 bridgehead atoms. The molecule has 30 heavy (non-hydrogen) atoms. The second-order valence-electron chi connectivity index (χ2n) is 8.30. The Bertz CT molecular complexity index is 909. The summed E-state index contributed by atoms with van der Waals surface area (Å²) in [6.45, 7) is 5.32. The predicted molar refractivity (Wildman–Crippen MR) is 116 cm³/mol. The van der Waals surface area contributed by atoms with E-state index in [9.17, 15) is 9.59 Å². The third-order valence-corrected chi connectivity index (χ3v) is 6.24. The number of nitrogens with one attached hydrogen (secondary N) is 3. The molecular weight excluding hydrogens is 378 g/mol. The van der Waals surface area contributed by atoms with Crippen molar-refractivity contribution in [2.24, 2.45) is 5.92 Å². The third kappa shape index (κ3) is 4.52. The first-order valence-electron chi connectivity index (χ1n) is 10.6. The molecule has 2 fully saturated rings. The van der Waals surface area contributed by atoms with Crippen molar-refractivity contribution in [1.82, 2.24) is 20.7 Å². The number of carbonyl (C=O) groups is 2. The van der Waals surface area contributed by atoms with Gasteiger partial charge in [0, 0.05) is 43.1 Å². The smallest absolute Gasteiger partial charge is 0.241 e. The van der Waals surface area contributed by atoms with Crippen LogP contribution < -0.4 is 16.2 Å². The molecule has 3 N–H and O–H groups in total. The van der Waals surface area contributed by atoms with E-state index in [4.69, 9.17) is 0 Å². The second kappa shape index (κ2) is 8.93. The average molecular weight is 408 g/mol. The lowest BCUT2D eigenvalue weighted by Crippen LogP contribution is -2.49. The van der Waals surface area contributed by atoms with Crippen molar-refractivity contribution in [3.05, 3.63) is 59.4 Å². The summed E-state index contributed by atoms with van der Waals surface area (Å²) in [4.78, 5) is 31.6. The van der Waals surface area contributed by atoms with Crippen LogP contribution in [0.2, 0.25) is 0 Å². The highest BCUT2D eigenvalue weighted by Crippen LogP contribution is 2.25. The van der Waals surface area contributed by atoms with E-state index in [-0.39, 0.29) is 29.8 Å². The first-order valence-corrected chi connectivity index (χ1v) is 10.6. The Morgan fingerprint density at radius 1 is 1.10 bits per heavy atom. The van der Waals surface area contributed by atoms with Crippen LogP contribution >= 0.6 is 0 Å². The van der Waals surface area contributed by atoms with Gasteiger partial charge in [0.25, 0.3) is 0 Å². The number of aryl methyl sites for hydroxylation is 2. The minimum Gasteiger partial charge on any atom is -0.341 e. The zero-order valence-electron chi connectivity index (χ0n) is 17.5. The second-order valence-corrected chi connectivity index (χ2v) is 8.30. The van der Waals surface area contributed by atoms with Crippen LogP contribution in [0.5, 0.6) is 0 Å². The molecule has 2 aliphatic heterocycles. The van der Waals surface area contributed by atoms with Gasteiger partial charge in [0.15, 0.2) is 0 Å². The number of likely N-dealkylation sites (tertiary alicyclic amines) is 1. The fourth-order valence-electron chi connectivity index (χ4n) is 4.16. The van der Waals surface area contributed by atoms with E-state index in [0.29, 0.717) is 32.4 Å². The van der Waals surface area contributed by atoms with Crippen LogP contribution in [0.15, 0.2) is 42.7 Å². The van der Waals surface area contributed by atoms with E-state index in [1.807, 2.05) is 48.4 Å². The summed E-state index contributed by atoms with van der Waals surface area (Å²) in [5.74, 6) is 0.0815. The molecule has 0 saturated carbocycles. The van der Waals surface area contributed by atoms with Gasteiger partial charge in [0.2, 0.25) is 11.8 Å². The zero-order chi connectivity index (χ0) is 21.1. The lowest BCUT2D eigenvalue weighted by molar-refractivity contribution is -0.136. The van der Waals surface area contributed by atoms with Crippen molar-refractivity contribution in [2.75, 3.05) is 18.4 Å². The van der Waals surface area contributed by atoms with Crippen molar-refractivity contribution in [3.8, 4) is 0 Å². The fraction of sp³-hybridized carbons (Fsp3) is 0.435. The molecule has 0 radical (unpaired) electrons. The van der Waals surface area contributed by atoms with E-state index in [0.717, 1.165) is 16.8 Å². The number of hydrazine groups is 1. The number of hydrogen-bond acceptors (Lipinski definition) is 5. The Labute approximate surface area is 177 Å². The lowest BCUT2D eigenvalue weighted by Gasteiger charge is -2.32. The van der Waals surface area contributed by atoms with Gasteiger partial charge in [-0.2, -0.15) is 0 Å². The Balaban J connectivity index is 1.27. The molecule has 1 aromatic carbocycles. The normalized spacial score (nSPS) is 22.1. The van der Waals surface area contributed by atoms with Crippen LogP contribution in [0.4, 0.5) is 5.69 Å². The van der Waals surface area contributed by atoms with Crippen LogP contribution in [0.25, 0.3) is 0 Å². The number of rotatable bonds is 4.